The van der Waals surface area contributed by atoms with Crippen LogP contribution in [0.25, 0.3) is 0 Å². The molecule has 2 N–H and O–H groups in total. The Morgan fingerprint density at radius 3 is 1.97 bits per heavy atom. The van der Waals surface area contributed by atoms with Gasteiger partial charge in [0.2, 0.25) is 0 Å². The zero-order valence-electron chi connectivity index (χ0n) is 24.7. The molecule has 0 heterocycles. The lowest BCUT2D eigenvalue weighted by Gasteiger charge is -2.27. The van der Waals surface area contributed by atoms with Crippen LogP contribution >= 0.6 is 0 Å². The van der Waals surface area contributed by atoms with Crippen LogP contribution in [0.4, 0.5) is 0 Å². The van der Waals surface area contributed by atoms with Crippen molar-refractivity contribution in [1.29, 1.82) is 0 Å². The number of rotatable bonds is 17. The van der Waals surface area contributed by atoms with Gasteiger partial charge >= 0.3 is 23.9 Å². The van der Waals surface area contributed by atoms with E-state index in [9.17, 15) is 19.2 Å². The molecule has 0 aliphatic carbocycles. The first-order valence-corrected chi connectivity index (χ1v) is 14.0. The van der Waals surface area contributed by atoms with Crippen LogP contribution in [0.1, 0.15) is 92.1 Å². The molecule has 0 fully saturated rings. The van der Waals surface area contributed by atoms with Crippen LogP contribution in [0.3, 0.4) is 0 Å². The van der Waals surface area contributed by atoms with Gasteiger partial charge in [-0.15, -0.1) is 0 Å². The van der Waals surface area contributed by atoms with E-state index in [1.807, 2.05) is 34.6 Å². The fourth-order valence-electron chi connectivity index (χ4n) is 3.87. The van der Waals surface area contributed by atoms with E-state index in [1.54, 1.807) is 19.1 Å². The van der Waals surface area contributed by atoms with Gasteiger partial charge in [-0.3, -0.25) is 19.2 Å². The van der Waals surface area contributed by atoms with E-state index in [4.69, 9.17) is 24.7 Å². The molecule has 0 aromatic heterocycles. The first kappa shape index (κ1) is 34.1. The molecule has 4 atom stereocenters. The van der Waals surface area contributed by atoms with Crippen molar-refractivity contribution in [3.05, 3.63) is 23.8 Å². The molecule has 0 spiro atoms. The second-order valence-electron chi connectivity index (χ2n) is 10.6. The third-order valence-electron chi connectivity index (χ3n) is 6.91. The molecule has 0 saturated heterocycles. The van der Waals surface area contributed by atoms with E-state index < -0.39 is 23.4 Å². The van der Waals surface area contributed by atoms with E-state index in [2.05, 4.69) is 0 Å². The Hall–Kier alpha value is -2.94. The summed E-state index contributed by atoms with van der Waals surface area (Å²) in [7, 11) is 1.24. The third kappa shape index (κ3) is 11.8. The molecule has 0 saturated carbocycles. The number of ether oxygens (including phenoxy) is 4. The fourth-order valence-corrected chi connectivity index (χ4v) is 3.87. The number of methoxy groups -OCH3 is 1. The van der Waals surface area contributed by atoms with Crippen molar-refractivity contribution in [1.82, 2.24) is 0 Å². The van der Waals surface area contributed by atoms with Crippen LogP contribution in [-0.2, 0) is 35.1 Å². The monoisotopic (exact) mass is 549 g/mol. The minimum atomic E-state index is -1.50. The average Bonchev–Trinajstić information content (AvgIpc) is 2.89. The molecular formula is C30H47NO8. The zero-order chi connectivity index (χ0) is 29.6. The molecule has 0 bridgehead atoms. The zero-order valence-corrected chi connectivity index (χ0v) is 24.7. The number of hydrogen-bond donors (Lipinski definition) is 1. The standard InChI is InChI=1S/C30H47NO8/c1-8-11-22(6)28(34)37-15-14-30(31,29(35)36-7)19-23-12-13-24(38-26(32)16-20(4)9-2)25(18-23)39-27(33)17-21(5)10-3/h12-13,18,20-22H,8-11,14-17,19,31H2,1-7H3/t20?,21?,22-,30?/m0/s1. The van der Waals surface area contributed by atoms with Gasteiger partial charge in [0.05, 0.1) is 19.6 Å². The quantitative estimate of drug-likeness (QED) is 0.207. The van der Waals surface area contributed by atoms with Gasteiger partial charge in [0.1, 0.15) is 5.54 Å². The van der Waals surface area contributed by atoms with Crippen molar-refractivity contribution in [3.63, 3.8) is 0 Å². The second kappa shape index (κ2) is 16.9. The van der Waals surface area contributed by atoms with Gasteiger partial charge < -0.3 is 24.7 Å². The topological polar surface area (TPSA) is 131 Å². The molecular weight excluding hydrogens is 502 g/mol. The van der Waals surface area contributed by atoms with Crippen molar-refractivity contribution < 1.29 is 38.1 Å². The van der Waals surface area contributed by atoms with Gasteiger partial charge in [-0.1, -0.05) is 66.9 Å². The lowest BCUT2D eigenvalue weighted by molar-refractivity contribution is -0.153. The minimum absolute atomic E-state index is 0.0126. The molecule has 0 aliphatic rings. The highest BCUT2D eigenvalue weighted by atomic mass is 16.6. The SMILES string of the molecule is CCC[C@H](C)C(=O)OCCC(N)(Cc1ccc(OC(=O)CC(C)CC)c(OC(=O)CC(C)CC)c1)C(=O)OC. The van der Waals surface area contributed by atoms with Crippen LogP contribution in [0, 0.1) is 17.8 Å². The lowest BCUT2D eigenvalue weighted by Crippen LogP contribution is -2.51. The minimum Gasteiger partial charge on any atom is -0.468 e. The Bertz CT molecular complexity index is 962. The maximum atomic E-state index is 12.7. The number of carbonyl (C=O) groups excluding carboxylic acids is 4. The summed E-state index contributed by atoms with van der Waals surface area (Å²) in [6.45, 7) is 11.6. The van der Waals surface area contributed by atoms with Crippen LogP contribution in [-0.4, -0.2) is 43.1 Å². The number of esters is 4. The first-order chi connectivity index (χ1) is 18.4. The fraction of sp³-hybridized carbons (Fsp3) is 0.667. The van der Waals surface area contributed by atoms with Crippen molar-refractivity contribution in [2.24, 2.45) is 23.5 Å². The van der Waals surface area contributed by atoms with Crippen LogP contribution in [0.2, 0.25) is 0 Å². The van der Waals surface area contributed by atoms with Gasteiger partial charge in [0.15, 0.2) is 11.5 Å². The van der Waals surface area contributed by atoms with E-state index in [0.717, 1.165) is 19.3 Å². The summed E-state index contributed by atoms with van der Waals surface area (Å²) < 4.78 is 21.5. The number of hydrogen-bond acceptors (Lipinski definition) is 9. The van der Waals surface area contributed by atoms with Crippen molar-refractivity contribution in [2.45, 2.75) is 98.4 Å². The summed E-state index contributed by atoms with van der Waals surface area (Å²) in [5, 5.41) is 0. The van der Waals surface area contributed by atoms with Crippen molar-refractivity contribution >= 4 is 23.9 Å². The highest BCUT2D eigenvalue weighted by Gasteiger charge is 2.36. The number of nitrogens with two attached hydrogens (primary N) is 1. The molecule has 1 aromatic carbocycles. The maximum absolute atomic E-state index is 12.7. The Morgan fingerprint density at radius 1 is 0.897 bits per heavy atom. The maximum Gasteiger partial charge on any atom is 0.326 e. The van der Waals surface area contributed by atoms with E-state index >= 15 is 0 Å². The molecule has 0 radical (unpaired) electrons. The van der Waals surface area contributed by atoms with Crippen LogP contribution < -0.4 is 15.2 Å². The normalized spacial score (nSPS) is 14.9. The Labute approximate surface area is 233 Å². The van der Waals surface area contributed by atoms with Gasteiger partial charge in [-0.2, -0.15) is 0 Å². The number of benzene rings is 1. The summed E-state index contributed by atoms with van der Waals surface area (Å²) in [5.41, 5.74) is 5.52. The third-order valence-corrected chi connectivity index (χ3v) is 6.91. The number of carbonyl (C=O) groups is 4. The summed E-state index contributed by atoms with van der Waals surface area (Å²) >= 11 is 0. The van der Waals surface area contributed by atoms with Gasteiger partial charge in [-0.05, 0) is 36.0 Å². The molecule has 0 amide bonds. The molecule has 9 nitrogen and oxygen atoms in total. The van der Waals surface area contributed by atoms with Gasteiger partial charge in [0, 0.05) is 25.7 Å². The van der Waals surface area contributed by atoms with E-state index in [-0.39, 0.29) is 67.5 Å². The summed E-state index contributed by atoms with van der Waals surface area (Å²) in [4.78, 5) is 49.9. The Morgan fingerprint density at radius 2 is 1.46 bits per heavy atom. The summed E-state index contributed by atoms with van der Waals surface area (Å²) in [6, 6.07) is 4.72. The Balaban J connectivity index is 3.18. The molecule has 1 rings (SSSR count). The summed E-state index contributed by atoms with van der Waals surface area (Å²) in [6.07, 6.45) is 3.65. The van der Waals surface area contributed by atoms with Gasteiger partial charge in [0.25, 0.3) is 0 Å². The lowest BCUT2D eigenvalue weighted by atomic mass is 9.88. The van der Waals surface area contributed by atoms with Gasteiger partial charge in [-0.25, -0.2) is 0 Å². The Kier molecular flexibility index (Phi) is 14.8. The summed E-state index contributed by atoms with van der Waals surface area (Å²) in [5.74, 6) is -1.69. The second-order valence-corrected chi connectivity index (χ2v) is 10.6. The smallest absolute Gasteiger partial charge is 0.326 e. The highest BCUT2D eigenvalue weighted by Crippen LogP contribution is 2.32. The molecule has 39 heavy (non-hydrogen) atoms. The highest BCUT2D eigenvalue weighted by molar-refractivity contribution is 5.81. The molecule has 3 unspecified atom stereocenters. The predicted molar refractivity (Wildman–Crippen MR) is 148 cm³/mol. The molecule has 9 heteroatoms. The van der Waals surface area contributed by atoms with Crippen molar-refractivity contribution in [2.75, 3.05) is 13.7 Å². The van der Waals surface area contributed by atoms with E-state index in [1.165, 1.54) is 13.2 Å². The van der Waals surface area contributed by atoms with Crippen LogP contribution in [0.15, 0.2) is 18.2 Å². The molecule has 220 valence electrons. The first-order valence-electron chi connectivity index (χ1n) is 14.0. The van der Waals surface area contributed by atoms with E-state index in [0.29, 0.717) is 12.0 Å². The molecule has 0 aliphatic heterocycles. The largest absolute Gasteiger partial charge is 0.468 e. The average molecular weight is 550 g/mol. The molecule has 1 aromatic rings. The van der Waals surface area contributed by atoms with Crippen molar-refractivity contribution in [3.8, 4) is 11.5 Å². The van der Waals surface area contributed by atoms with Crippen LogP contribution in [0.5, 0.6) is 11.5 Å². The predicted octanol–water partition coefficient (Wildman–Crippen LogP) is 5.15.